The summed E-state index contributed by atoms with van der Waals surface area (Å²) in [4.78, 5) is 19.8. The van der Waals surface area contributed by atoms with E-state index in [0.717, 1.165) is 16.8 Å². The molecule has 9 nitrogen and oxygen atoms in total. The molecule has 0 fully saturated rings. The fraction of sp³-hybridized carbons (Fsp3) is 0.148. The Morgan fingerprint density at radius 3 is 2.61 bits per heavy atom. The summed E-state index contributed by atoms with van der Waals surface area (Å²) in [7, 11) is 1.68. The lowest BCUT2D eigenvalue weighted by molar-refractivity contribution is 0.630. The second-order valence-corrected chi connectivity index (χ2v) is 8.28. The summed E-state index contributed by atoms with van der Waals surface area (Å²) in [5.41, 5.74) is 9.36. The number of tetrazole rings is 1. The number of nitrogen functional groups attached to an aromatic ring is 1. The Balaban J connectivity index is 1.70. The van der Waals surface area contributed by atoms with Gasteiger partial charge in [0.1, 0.15) is 5.82 Å². The summed E-state index contributed by atoms with van der Waals surface area (Å²) >= 11 is 0. The van der Waals surface area contributed by atoms with Gasteiger partial charge in [-0.15, -0.1) is 16.1 Å². The number of aromatic nitrogens is 6. The van der Waals surface area contributed by atoms with Gasteiger partial charge in [0.05, 0.1) is 24.0 Å². The van der Waals surface area contributed by atoms with Gasteiger partial charge in [-0.25, -0.2) is 4.98 Å². The van der Waals surface area contributed by atoms with E-state index in [-0.39, 0.29) is 11.6 Å². The third-order valence-corrected chi connectivity index (χ3v) is 5.86. The lowest BCUT2D eigenvalue weighted by Gasteiger charge is -2.22. The molecule has 5 rings (SSSR count). The number of para-hydroxylation sites is 1. The number of anilines is 2. The van der Waals surface area contributed by atoms with Gasteiger partial charge in [0, 0.05) is 28.8 Å². The van der Waals surface area contributed by atoms with Gasteiger partial charge in [-0.2, -0.15) is 4.80 Å². The Morgan fingerprint density at radius 1 is 1.08 bits per heavy atom. The van der Waals surface area contributed by atoms with E-state index in [9.17, 15) is 4.79 Å². The second-order valence-electron chi connectivity index (χ2n) is 8.28. The Kier molecular flexibility index (Phi) is 5.92. The molecular weight excluding hydrogens is 452 g/mol. The minimum absolute atomic E-state index is 0.142. The number of nitrogens with one attached hydrogen (secondary N) is 1. The maximum atomic E-state index is 13.9. The van der Waals surface area contributed by atoms with E-state index in [1.165, 1.54) is 4.80 Å². The van der Waals surface area contributed by atoms with Gasteiger partial charge in [0.2, 0.25) is 5.82 Å². The zero-order valence-corrected chi connectivity index (χ0v) is 20.1. The van der Waals surface area contributed by atoms with E-state index in [0.29, 0.717) is 33.8 Å². The molecule has 0 saturated heterocycles. The van der Waals surface area contributed by atoms with Crippen molar-refractivity contribution in [2.75, 3.05) is 11.1 Å². The SMILES string of the molecule is CC#Cc1cccc2cc([C@H](C)Nc3nccc(N)c3-c3nnn(C)n3)n(-c3ccccc3)c(=O)c12. The molecule has 0 unspecified atom stereocenters. The number of pyridine rings is 2. The molecule has 9 heteroatoms. The average Bonchev–Trinajstić information content (AvgIpc) is 3.30. The first-order valence-corrected chi connectivity index (χ1v) is 11.4. The van der Waals surface area contributed by atoms with Gasteiger partial charge < -0.3 is 11.1 Å². The molecule has 0 aliphatic heterocycles. The molecule has 0 bridgehead atoms. The zero-order valence-electron chi connectivity index (χ0n) is 20.1. The molecule has 5 aromatic rings. The standard InChI is InChI=1S/C27H24N8O/c1-4-9-18-10-8-11-19-16-22(35(27(36)23(18)19)20-12-6-5-7-13-20)17(2)30-25-24(21(28)14-15-29-25)26-31-33-34(3)32-26/h5-8,10-17H,1-3H3,(H3,28,29,30)/t17-/m0/s1. The monoisotopic (exact) mass is 476 g/mol. The van der Waals surface area contributed by atoms with E-state index in [1.807, 2.05) is 61.5 Å². The van der Waals surface area contributed by atoms with Gasteiger partial charge in [0.25, 0.3) is 5.56 Å². The molecule has 36 heavy (non-hydrogen) atoms. The molecule has 0 aliphatic rings. The van der Waals surface area contributed by atoms with Crippen molar-refractivity contribution in [1.29, 1.82) is 0 Å². The number of hydrogen-bond acceptors (Lipinski definition) is 7. The predicted octanol–water partition coefficient (Wildman–Crippen LogP) is 3.70. The lowest BCUT2D eigenvalue weighted by Crippen LogP contribution is -2.26. The zero-order chi connectivity index (χ0) is 25.2. The highest BCUT2D eigenvalue weighted by Crippen LogP contribution is 2.32. The van der Waals surface area contributed by atoms with Gasteiger partial charge >= 0.3 is 0 Å². The van der Waals surface area contributed by atoms with Gasteiger partial charge in [0.15, 0.2) is 0 Å². The van der Waals surface area contributed by atoms with E-state index < -0.39 is 0 Å². The lowest BCUT2D eigenvalue weighted by atomic mass is 10.0. The minimum Gasteiger partial charge on any atom is -0.398 e. The van der Waals surface area contributed by atoms with Crippen molar-refractivity contribution >= 4 is 22.3 Å². The summed E-state index contributed by atoms with van der Waals surface area (Å²) in [5.74, 6) is 6.83. The Bertz CT molecular complexity index is 1690. The Morgan fingerprint density at radius 2 is 1.89 bits per heavy atom. The van der Waals surface area contributed by atoms with Crippen LogP contribution in [0, 0.1) is 11.8 Å². The van der Waals surface area contributed by atoms with E-state index in [4.69, 9.17) is 5.73 Å². The van der Waals surface area contributed by atoms with Crippen LogP contribution in [0.1, 0.15) is 31.1 Å². The first-order chi connectivity index (χ1) is 17.5. The number of rotatable bonds is 5. The van der Waals surface area contributed by atoms with E-state index in [2.05, 4.69) is 37.6 Å². The molecule has 1 atom stereocenters. The predicted molar refractivity (Wildman–Crippen MR) is 141 cm³/mol. The van der Waals surface area contributed by atoms with Crippen LogP contribution in [0.4, 0.5) is 11.5 Å². The highest BCUT2D eigenvalue weighted by molar-refractivity contribution is 5.88. The highest BCUT2D eigenvalue weighted by Gasteiger charge is 2.21. The van der Waals surface area contributed by atoms with Crippen molar-refractivity contribution < 1.29 is 0 Å². The third-order valence-electron chi connectivity index (χ3n) is 5.86. The van der Waals surface area contributed by atoms with Crippen molar-refractivity contribution in [1.82, 2.24) is 29.8 Å². The molecule has 0 saturated carbocycles. The fourth-order valence-electron chi connectivity index (χ4n) is 4.27. The molecule has 3 heterocycles. The molecule has 2 aromatic carbocycles. The number of benzene rings is 2. The van der Waals surface area contributed by atoms with E-state index in [1.54, 1.807) is 30.8 Å². The number of fused-ring (bicyclic) bond motifs is 1. The average molecular weight is 477 g/mol. The number of aryl methyl sites for hydroxylation is 1. The van der Waals surface area contributed by atoms with Crippen molar-refractivity contribution in [3.8, 4) is 28.9 Å². The maximum Gasteiger partial charge on any atom is 0.264 e. The van der Waals surface area contributed by atoms with E-state index >= 15 is 0 Å². The molecular formula is C27H24N8O. The summed E-state index contributed by atoms with van der Waals surface area (Å²) < 4.78 is 1.72. The fourth-order valence-corrected chi connectivity index (χ4v) is 4.27. The van der Waals surface area contributed by atoms with Crippen molar-refractivity contribution in [2.45, 2.75) is 19.9 Å². The Labute approximate surface area is 207 Å². The number of hydrogen-bond donors (Lipinski definition) is 2. The number of nitrogens with two attached hydrogens (primary N) is 1. The molecule has 0 spiro atoms. The largest absolute Gasteiger partial charge is 0.398 e. The Hall–Kier alpha value is -4.97. The van der Waals surface area contributed by atoms with Crippen LogP contribution in [0.15, 0.2) is 71.7 Å². The van der Waals surface area contributed by atoms with Crippen LogP contribution in [0.25, 0.3) is 27.8 Å². The molecule has 178 valence electrons. The van der Waals surface area contributed by atoms with Crippen LogP contribution in [0.2, 0.25) is 0 Å². The van der Waals surface area contributed by atoms with Crippen molar-refractivity contribution in [2.24, 2.45) is 7.05 Å². The van der Waals surface area contributed by atoms with Crippen LogP contribution in [-0.4, -0.2) is 29.8 Å². The van der Waals surface area contributed by atoms with Crippen LogP contribution in [0.5, 0.6) is 0 Å². The summed E-state index contributed by atoms with van der Waals surface area (Å²) in [6.45, 7) is 3.73. The number of nitrogens with zero attached hydrogens (tertiary/aromatic N) is 6. The molecule has 3 N–H and O–H groups in total. The summed E-state index contributed by atoms with van der Waals surface area (Å²) in [5, 5.41) is 17.1. The van der Waals surface area contributed by atoms with Crippen LogP contribution in [0.3, 0.4) is 0 Å². The van der Waals surface area contributed by atoms with Gasteiger partial charge in [-0.3, -0.25) is 9.36 Å². The highest BCUT2D eigenvalue weighted by atomic mass is 16.1. The maximum absolute atomic E-state index is 13.9. The molecule has 0 aliphatic carbocycles. The molecule has 3 aromatic heterocycles. The molecule has 0 radical (unpaired) electrons. The van der Waals surface area contributed by atoms with Crippen LogP contribution >= 0.6 is 0 Å². The topological polar surface area (TPSA) is 117 Å². The summed E-state index contributed by atoms with van der Waals surface area (Å²) in [6.07, 6.45) is 1.62. The first-order valence-electron chi connectivity index (χ1n) is 11.4. The second kappa shape index (κ2) is 9.35. The minimum atomic E-state index is -0.340. The van der Waals surface area contributed by atoms with Gasteiger partial charge in [-0.1, -0.05) is 36.3 Å². The summed E-state index contributed by atoms with van der Waals surface area (Å²) in [6, 6.07) is 18.6. The van der Waals surface area contributed by atoms with Crippen molar-refractivity contribution in [3.63, 3.8) is 0 Å². The first kappa shape index (κ1) is 22.8. The third kappa shape index (κ3) is 4.05. The normalized spacial score (nSPS) is 11.6. The van der Waals surface area contributed by atoms with Gasteiger partial charge in [-0.05, 0) is 54.8 Å². The molecule has 0 amide bonds. The smallest absolute Gasteiger partial charge is 0.264 e. The van der Waals surface area contributed by atoms with Crippen LogP contribution < -0.4 is 16.6 Å². The van der Waals surface area contributed by atoms with Crippen molar-refractivity contribution in [3.05, 3.63) is 88.5 Å². The van der Waals surface area contributed by atoms with Crippen LogP contribution in [-0.2, 0) is 7.05 Å². The quantitative estimate of drug-likeness (QED) is 0.372.